The lowest BCUT2D eigenvalue weighted by atomic mass is 10.2. The number of nitrogens with one attached hydrogen (secondary N) is 1. The van der Waals surface area contributed by atoms with Gasteiger partial charge in [0.05, 0.1) is 4.88 Å². The number of carbonyl (C=O) groups is 1. The Balaban J connectivity index is 2.07. The number of hydrogen-bond donors (Lipinski definition) is 2. The highest BCUT2D eigenvalue weighted by molar-refractivity contribution is 7.10. The molecule has 0 aliphatic heterocycles. The first kappa shape index (κ1) is 15.0. The van der Waals surface area contributed by atoms with Crippen molar-refractivity contribution in [2.45, 2.75) is 6.54 Å². The highest BCUT2D eigenvalue weighted by Crippen LogP contribution is 2.15. The van der Waals surface area contributed by atoms with E-state index in [9.17, 15) is 9.59 Å². The van der Waals surface area contributed by atoms with E-state index in [0.29, 0.717) is 6.54 Å². The molecule has 0 radical (unpaired) electrons. The maximum Gasteiger partial charge on any atom is 0.270 e. The Morgan fingerprint density at radius 1 is 1.48 bits per heavy atom. The van der Waals surface area contributed by atoms with E-state index in [0.717, 1.165) is 10.4 Å². The lowest BCUT2D eigenvalue weighted by Gasteiger charge is -2.15. The molecule has 2 N–H and O–H groups in total. The summed E-state index contributed by atoms with van der Waals surface area (Å²) in [5, 5.41) is 10.6. The van der Waals surface area contributed by atoms with Crippen molar-refractivity contribution in [1.29, 1.82) is 0 Å². The van der Waals surface area contributed by atoms with Gasteiger partial charge in [-0.2, -0.15) is 0 Å². The number of thiophene rings is 1. The van der Waals surface area contributed by atoms with Gasteiger partial charge in [-0.15, -0.1) is 11.3 Å². The van der Waals surface area contributed by atoms with Crippen molar-refractivity contribution in [2.24, 2.45) is 0 Å². The van der Waals surface area contributed by atoms with Crippen LogP contribution in [0, 0.1) is 11.8 Å². The molecule has 0 aromatic carbocycles. The molecule has 2 aromatic heterocycles. The van der Waals surface area contributed by atoms with E-state index in [-0.39, 0.29) is 23.8 Å². The summed E-state index contributed by atoms with van der Waals surface area (Å²) >= 11 is 1.46. The minimum absolute atomic E-state index is 0.174. The molecule has 1 amide bonds. The van der Waals surface area contributed by atoms with E-state index in [1.807, 2.05) is 11.4 Å². The largest absolute Gasteiger partial charge is 0.384 e. The summed E-state index contributed by atoms with van der Waals surface area (Å²) in [5.74, 6) is 5.16. The third kappa shape index (κ3) is 4.05. The van der Waals surface area contributed by atoms with Gasteiger partial charge in [0.1, 0.15) is 12.3 Å². The van der Waals surface area contributed by atoms with E-state index in [2.05, 4.69) is 16.8 Å². The summed E-state index contributed by atoms with van der Waals surface area (Å²) in [7, 11) is 1.67. The Bertz CT molecular complexity index is 752. The van der Waals surface area contributed by atoms with E-state index in [1.165, 1.54) is 22.3 Å². The van der Waals surface area contributed by atoms with Gasteiger partial charge in [0.15, 0.2) is 0 Å². The van der Waals surface area contributed by atoms with Gasteiger partial charge < -0.3 is 15.0 Å². The van der Waals surface area contributed by atoms with E-state index < -0.39 is 0 Å². The fourth-order valence-corrected chi connectivity index (χ4v) is 2.55. The fraction of sp³-hybridized carbons (Fsp3) is 0.200. The van der Waals surface area contributed by atoms with Crippen molar-refractivity contribution >= 4 is 17.2 Å². The molecule has 2 rings (SSSR count). The van der Waals surface area contributed by atoms with Crippen LogP contribution < -0.4 is 5.56 Å². The molecule has 0 atom stereocenters. The first-order valence-corrected chi connectivity index (χ1v) is 7.10. The number of amides is 1. The van der Waals surface area contributed by atoms with E-state index >= 15 is 0 Å². The average Bonchev–Trinajstić information content (AvgIpc) is 2.91. The van der Waals surface area contributed by atoms with Crippen LogP contribution in [-0.2, 0) is 6.54 Å². The molecule has 2 heterocycles. The lowest BCUT2D eigenvalue weighted by molar-refractivity contribution is 0.0779. The van der Waals surface area contributed by atoms with Crippen molar-refractivity contribution < 1.29 is 9.90 Å². The standard InChI is InChI=1S/C15H14N2O3S/c1-17(15(20)13-5-2-6-14(19)16-13)9-11-8-12(21-10-11)4-3-7-18/h2,5-6,8,10,18H,7,9H2,1H3,(H,16,19). The Kier molecular flexibility index (Phi) is 4.93. The zero-order valence-corrected chi connectivity index (χ0v) is 12.2. The Morgan fingerprint density at radius 3 is 3.00 bits per heavy atom. The Hall–Kier alpha value is -2.36. The van der Waals surface area contributed by atoms with Crippen molar-refractivity contribution in [3.05, 3.63) is 56.1 Å². The summed E-state index contributed by atoms with van der Waals surface area (Å²) in [5.41, 5.74) is 0.920. The van der Waals surface area contributed by atoms with Gasteiger partial charge in [-0.1, -0.05) is 17.9 Å². The normalized spacial score (nSPS) is 9.81. The topological polar surface area (TPSA) is 73.4 Å². The Labute approximate surface area is 125 Å². The quantitative estimate of drug-likeness (QED) is 0.832. The van der Waals surface area contributed by atoms with Gasteiger partial charge in [-0.3, -0.25) is 9.59 Å². The number of carbonyl (C=O) groups excluding carboxylic acids is 1. The van der Waals surface area contributed by atoms with Crippen molar-refractivity contribution in [1.82, 2.24) is 9.88 Å². The van der Waals surface area contributed by atoms with Crippen molar-refractivity contribution in [2.75, 3.05) is 13.7 Å². The molecular formula is C15H14N2O3S. The van der Waals surface area contributed by atoms with E-state index in [1.54, 1.807) is 19.2 Å². The first-order chi connectivity index (χ1) is 10.1. The predicted octanol–water partition coefficient (Wildman–Crippen LogP) is 1.05. The molecule has 2 aromatic rings. The number of H-pyrrole nitrogens is 1. The van der Waals surface area contributed by atoms with Gasteiger partial charge in [-0.25, -0.2) is 0 Å². The molecule has 21 heavy (non-hydrogen) atoms. The third-order valence-electron chi connectivity index (χ3n) is 2.71. The average molecular weight is 302 g/mol. The van der Waals surface area contributed by atoms with Crippen LogP contribution in [0.4, 0.5) is 0 Å². The smallest absolute Gasteiger partial charge is 0.270 e. The second-order valence-corrected chi connectivity index (χ2v) is 5.28. The van der Waals surface area contributed by atoms with Gasteiger partial charge in [0.25, 0.3) is 5.91 Å². The molecule has 0 spiro atoms. The van der Waals surface area contributed by atoms with Crippen LogP contribution in [0.3, 0.4) is 0 Å². The first-order valence-electron chi connectivity index (χ1n) is 6.22. The number of aromatic amines is 1. The van der Waals surface area contributed by atoms with Gasteiger partial charge in [0.2, 0.25) is 5.56 Å². The summed E-state index contributed by atoms with van der Waals surface area (Å²) in [4.78, 5) is 28.3. The van der Waals surface area contributed by atoms with Gasteiger partial charge in [0, 0.05) is 19.7 Å². The number of aliphatic hydroxyl groups is 1. The number of rotatable bonds is 3. The zero-order valence-electron chi connectivity index (χ0n) is 11.4. The minimum atomic E-state index is -0.300. The zero-order chi connectivity index (χ0) is 15.2. The molecule has 0 aliphatic carbocycles. The van der Waals surface area contributed by atoms with Crippen LogP contribution in [0.15, 0.2) is 34.4 Å². The minimum Gasteiger partial charge on any atom is -0.384 e. The molecule has 0 unspecified atom stereocenters. The molecule has 0 fully saturated rings. The van der Waals surface area contributed by atoms with Gasteiger partial charge in [-0.05, 0) is 23.1 Å². The molecule has 0 saturated heterocycles. The molecule has 5 nitrogen and oxygen atoms in total. The highest BCUT2D eigenvalue weighted by Gasteiger charge is 2.13. The molecule has 0 saturated carbocycles. The van der Waals surface area contributed by atoms with Crippen molar-refractivity contribution in [3.8, 4) is 11.8 Å². The monoisotopic (exact) mass is 302 g/mol. The maximum atomic E-state index is 12.2. The van der Waals surface area contributed by atoms with Crippen LogP contribution in [0.5, 0.6) is 0 Å². The molecule has 6 heteroatoms. The van der Waals surface area contributed by atoms with Crippen molar-refractivity contribution in [3.63, 3.8) is 0 Å². The molecular weight excluding hydrogens is 288 g/mol. The second-order valence-electron chi connectivity index (χ2n) is 4.37. The highest BCUT2D eigenvalue weighted by atomic mass is 32.1. The van der Waals surface area contributed by atoms with Crippen LogP contribution in [0.25, 0.3) is 0 Å². The summed E-state index contributed by atoms with van der Waals surface area (Å²) < 4.78 is 0. The number of aromatic nitrogens is 1. The molecule has 0 bridgehead atoms. The van der Waals surface area contributed by atoms with Crippen LogP contribution >= 0.6 is 11.3 Å². The number of aliphatic hydroxyl groups excluding tert-OH is 1. The summed E-state index contributed by atoms with van der Waals surface area (Å²) in [6.07, 6.45) is 0. The van der Waals surface area contributed by atoms with Gasteiger partial charge >= 0.3 is 0 Å². The van der Waals surface area contributed by atoms with Crippen LogP contribution in [-0.4, -0.2) is 34.6 Å². The second kappa shape index (κ2) is 6.88. The predicted molar refractivity (Wildman–Crippen MR) is 81.1 cm³/mol. The summed E-state index contributed by atoms with van der Waals surface area (Å²) in [6.45, 7) is 0.250. The molecule has 0 aliphatic rings. The molecule has 108 valence electrons. The lowest BCUT2D eigenvalue weighted by Crippen LogP contribution is -2.28. The SMILES string of the molecule is CN(Cc1csc(C#CCO)c1)C(=O)c1cccc(=O)[nH]1. The van der Waals surface area contributed by atoms with E-state index in [4.69, 9.17) is 5.11 Å². The summed E-state index contributed by atoms with van der Waals surface area (Å²) in [6, 6.07) is 6.37. The maximum absolute atomic E-state index is 12.2. The van der Waals surface area contributed by atoms with Crippen LogP contribution in [0.1, 0.15) is 20.9 Å². The number of pyridine rings is 1. The third-order valence-corrected chi connectivity index (χ3v) is 3.60. The van der Waals surface area contributed by atoms with Crippen LogP contribution in [0.2, 0.25) is 0 Å². The Morgan fingerprint density at radius 2 is 2.29 bits per heavy atom. The fourth-order valence-electron chi connectivity index (χ4n) is 1.77. The number of nitrogens with zero attached hydrogens (tertiary/aromatic N) is 1. The number of hydrogen-bond acceptors (Lipinski definition) is 4.